The number of nitrogens with zero attached hydrogens (tertiary/aromatic N) is 2. The predicted molar refractivity (Wildman–Crippen MR) is 48.7 cm³/mol. The maximum Gasteiger partial charge on any atom is 0.218 e. The van der Waals surface area contributed by atoms with E-state index in [1.807, 2.05) is 0 Å². The minimum Gasteiger partial charge on any atom is -0.461 e. The van der Waals surface area contributed by atoms with Gasteiger partial charge in [0.05, 0.1) is 0 Å². The Morgan fingerprint density at radius 2 is 2.42 bits per heavy atom. The average Bonchev–Trinajstić information content (AvgIpc) is 2.04. The highest BCUT2D eigenvalue weighted by atomic mass is 79.9. The van der Waals surface area contributed by atoms with Gasteiger partial charge in [-0.15, -0.1) is 6.42 Å². The largest absolute Gasteiger partial charge is 0.461 e. The molecule has 1 aromatic heterocycles. The topological polar surface area (TPSA) is 35.0 Å². The zero-order chi connectivity index (χ0) is 8.97. The van der Waals surface area contributed by atoms with Crippen molar-refractivity contribution in [2.24, 2.45) is 0 Å². The van der Waals surface area contributed by atoms with Gasteiger partial charge in [0.25, 0.3) is 0 Å². The minimum atomic E-state index is -0.271. The maximum atomic E-state index is 5.23. The van der Waals surface area contributed by atoms with Crippen LogP contribution in [-0.2, 0) is 0 Å². The minimum absolute atomic E-state index is 0.271. The molecule has 1 aromatic rings. The van der Waals surface area contributed by atoms with E-state index >= 15 is 0 Å². The van der Waals surface area contributed by atoms with Gasteiger partial charge < -0.3 is 4.74 Å². The maximum absolute atomic E-state index is 5.23. The number of aromatic nitrogens is 2. The molecule has 62 valence electrons. The highest BCUT2D eigenvalue weighted by Gasteiger charge is 2.00. The standard InChI is InChI=1S/C8H7BrN2O/c1-3-6(2)12-8-4-7(9)10-5-11-8/h1,4-6H,2H3. The van der Waals surface area contributed by atoms with Crippen molar-refractivity contribution in [3.63, 3.8) is 0 Å². The Morgan fingerprint density at radius 3 is 3.00 bits per heavy atom. The molecule has 0 aliphatic heterocycles. The molecule has 12 heavy (non-hydrogen) atoms. The van der Waals surface area contributed by atoms with Crippen LogP contribution in [0.3, 0.4) is 0 Å². The first kappa shape index (κ1) is 9.01. The number of hydrogen-bond donors (Lipinski definition) is 0. The molecule has 0 bridgehead atoms. The van der Waals surface area contributed by atoms with Crippen LogP contribution in [0.1, 0.15) is 6.92 Å². The molecule has 0 aromatic carbocycles. The van der Waals surface area contributed by atoms with E-state index in [1.165, 1.54) is 6.33 Å². The highest BCUT2D eigenvalue weighted by molar-refractivity contribution is 9.10. The van der Waals surface area contributed by atoms with E-state index in [-0.39, 0.29) is 6.10 Å². The van der Waals surface area contributed by atoms with Crippen molar-refractivity contribution in [2.75, 3.05) is 0 Å². The Balaban J connectivity index is 2.71. The van der Waals surface area contributed by atoms with Gasteiger partial charge >= 0.3 is 0 Å². The van der Waals surface area contributed by atoms with Crippen LogP contribution in [0, 0.1) is 12.3 Å². The van der Waals surface area contributed by atoms with Crippen molar-refractivity contribution < 1.29 is 4.74 Å². The van der Waals surface area contributed by atoms with Gasteiger partial charge in [0.2, 0.25) is 5.88 Å². The molecule has 1 heterocycles. The summed E-state index contributed by atoms with van der Waals surface area (Å²) in [4.78, 5) is 7.72. The molecule has 0 saturated heterocycles. The molecule has 0 aliphatic rings. The SMILES string of the molecule is C#CC(C)Oc1cc(Br)ncn1. The molecule has 0 radical (unpaired) electrons. The first-order chi connectivity index (χ1) is 5.72. The number of terminal acetylenes is 1. The van der Waals surface area contributed by atoms with E-state index in [9.17, 15) is 0 Å². The number of rotatable bonds is 2. The normalized spacial score (nSPS) is 11.8. The van der Waals surface area contributed by atoms with Gasteiger partial charge in [0.15, 0.2) is 6.10 Å². The third kappa shape index (κ3) is 2.51. The van der Waals surface area contributed by atoms with Crippen LogP contribution >= 0.6 is 15.9 Å². The number of halogens is 1. The van der Waals surface area contributed by atoms with Gasteiger partial charge in [-0.25, -0.2) is 9.97 Å². The van der Waals surface area contributed by atoms with E-state index in [4.69, 9.17) is 11.2 Å². The van der Waals surface area contributed by atoms with Crippen LogP contribution in [0.4, 0.5) is 0 Å². The van der Waals surface area contributed by atoms with Gasteiger partial charge in [-0.1, -0.05) is 5.92 Å². The average molecular weight is 227 g/mol. The second-order valence-electron chi connectivity index (χ2n) is 2.11. The lowest BCUT2D eigenvalue weighted by molar-refractivity contribution is 0.267. The Bertz CT molecular complexity index is 308. The molecule has 1 rings (SSSR count). The third-order valence-corrected chi connectivity index (χ3v) is 1.57. The number of ether oxygens (including phenoxy) is 1. The van der Waals surface area contributed by atoms with Gasteiger partial charge in [-0.3, -0.25) is 0 Å². The fourth-order valence-corrected chi connectivity index (χ4v) is 0.884. The first-order valence-electron chi connectivity index (χ1n) is 3.32. The van der Waals surface area contributed by atoms with Crippen molar-refractivity contribution in [3.8, 4) is 18.2 Å². The first-order valence-corrected chi connectivity index (χ1v) is 4.12. The molecule has 0 N–H and O–H groups in total. The molecule has 4 heteroatoms. The van der Waals surface area contributed by atoms with Crippen LogP contribution in [0.5, 0.6) is 5.88 Å². The van der Waals surface area contributed by atoms with Crippen LogP contribution in [0.2, 0.25) is 0 Å². The van der Waals surface area contributed by atoms with Crippen molar-refractivity contribution in [1.82, 2.24) is 9.97 Å². The van der Waals surface area contributed by atoms with E-state index in [0.717, 1.165) is 0 Å². The van der Waals surface area contributed by atoms with Crippen LogP contribution < -0.4 is 4.74 Å². The van der Waals surface area contributed by atoms with Gasteiger partial charge in [0, 0.05) is 6.07 Å². The zero-order valence-corrected chi connectivity index (χ0v) is 8.08. The Labute approximate surface area is 79.3 Å². The zero-order valence-electron chi connectivity index (χ0n) is 6.49. The summed E-state index contributed by atoms with van der Waals surface area (Å²) in [5.74, 6) is 2.91. The highest BCUT2D eigenvalue weighted by Crippen LogP contribution is 2.12. The van der Waals surface area contributed by atoms with Gasteiger partial charge in [-0.05, 0) is 22.9 Å². The van der Waals surface area contributed by atoms with E-state index in [1.54, 1.807) is 13.0 Å². The van der Waals surface area contributed by atoms with Gasteiger partial charge in [-0.2, -0.15) is 0 Å². The van der Waals surface area contributed by atoms with Crippen LogP contribution in [0.15, 0.2) is 17.0 Å². The summed E-state index contributed by atoms with van der Waals surface area (Å²) >= 11 is 3.19. The summed E-state index contributed by atoms with van der Waals surface area (Å²) in [6, 6.07) is 1.66. The van der Waals surface area contributed by atoms with Crippen LogP contribution in [-0.4, -0.2) is 16.1 Å². The summed E-state index contributed by atoms with van der Waals surface area (Å²) in [5.41, 5.74) is 0. The summed E-state index contributed by atoms with van der Waals surface area (Å²) in [6.45, 7) is 1.77. The molecule has 0 aliphatic carbocycles. The monoisotopic (exact) mass is 226 g/mol. The quantitative estimate of drug-likeness (QED) is 0.569. The summed E-state index contributed by atoms with van der Waals surface area (Å²) in [7, 11) is 0. The van der Waals surface area contributed by atoms with E-state index < -0.39 is 0 Å². The molecule has 1 atom stereocenters. The molecule has 0 fully saturated rings. The molecule has 0 amide bonds. The van der Waals surface area contributed by atoms with E-state index in [0.29, 0.717) is 10.5 Å². The lowest BCUT2D eigenvalue weighted by Gasteiger charge is -2.06. The van der Waals surface area contributed by atoms with Crippen LogP contribution in [0.25, 0.3) is 0 Å². The molecule has 1 unspecified atom stereocenters. The molecular formula is C8H7BrN2O. The van der Waals surface area contributed by atoms with Crippen molar-refractivity contribution in [2.45, 2.75) is 13.0 Å². The van der Waals surface area contributed by atoms with Crippen molar-refractivity contribution in [1.29, 1.82) is 0 Å². The van der Waals surface area contributed by atoms with Crippen molar-refractivity contribution >= 4 is 15.9 Å². The summed E-state index contributed by atoms with van der Waals surface area (Å²) in [6.07, 6.45) is 6.26. The Kier molecular flexibility index (Phi) is 3.06. The second-order valence-corrected chi connectivity index (χ2v) is 2.92. The molecule has 3 nitrogen and oxygen atoms in total. The fourth-order valence-electron chi connectivity index (χ4n) is 0.597. The smallest absolute Gasteiger partial charge is 0.218 e. The number of hydrogen-bond acceptors (Lipinski definition) is 3. The Hall–Kier alpha value is -1.08. The summed E-state index contributed by atoms with van der Waals surface area (Å²) < 4.78 is 5.90. The van der Waals surface area contributed by atoms with Crippen molar-refractivity contribution in [3.05, 3.63) is 17.0 Å². The molecule has 0 spiro atoms. The molecular weight excluding hydrogens is 220 g/mol. The predicted octanol–water partition coefficient (Wildman–Crippen LogP) is 1.64. The lowest BCUT2D eigenvalue weighted by atomic mass is 10.4. The van der Waals surface area contributed by atoms with Gasteiger partial charge in [0.1, 0.15) is 10.9 Å². The second kappa shape index (κ2) is 4.07. The fraction of sp³-hybridized carbons (Fsp3) is 0.250. The van der Waals surface area contributed by atoms with E-state index in [2.05, 4.69) is 31.8 Å². The third-order valence-electron chi connectivity index (χ3n) is 1.14. The summed E-state index contributed by atoms with van der Waals surface area (Å²) in [5, 5.41) is 0. The lowest BCUT2D eigenvalue weighted by Crippen LogP contribution is -2.09. The Morgan fingerprint density at radius 1 is 1.67 bits per heavy atom. The molecule has 0 saturated carbocycles.